The van der Waals surface area contributed by atoms with Crippen molar-refractivity contribution in [2.24, 2.45) is 0 Å². The zero-order valence-electron chi connectivity index (χ0n) is 8.06. The van der Waals surface area contributed by atoms with Crippen LogP contribution in [0, 0.1) is 13.7 Å². The first-order valence-corrected chi connectivity index (χ1v) is 5.03. The van der Waals surface area contributed by atoms with Crippen LogP contribution in [0.5, 0.6) is 5.75 Å². The number of alkyl halides is 3. The van der Waals surface area contributed by atoms with Crippen molar-refractivity contribution < 1.29 is 32.7 Å². The highest BCUT2D eigenvalue weighted by atomic mass is 127. The van der Waals surface area contributed by atoms with Crippen LogP contribution in [0.2, 0.25) is 0 Å². The highest BCUT2D eigenvalue weighted by Gasteiger charge is 2.36. The van der Waals surface area contributed by atoms with Gasteiger partial charge in [-0.1, -0.05) is 0 Å². The zero-order chi connectivity index (χ0) is 14.1. The van der Waals surface area contributed by atoms with E-state index in [4.69, 9.17) is 5.11 Å². The van der Waals surface area contributed by atoms with E-state index in [-0.39, 0.29) is 3.57 Å². The summed E-state index contributed by atoms with van der Waals surface area (Å²) in [5.74, 6) is -4.08. The molecule has 0 aliphatic carbocycles. The quantitative estimate of drug-likeness (QED) is 0.492. The molecule has 0 aromatic carbocycles. The fourth-order valence-corrected chi connectivity index (χ4v) is 1.58. The lowest BCUT2D eigenvalue weighted by Gasteiger charge is -2.09. The van der Waals surface area contributed by atoms with Crippen LogP contribution in [0.15, 0.2) is 6.07 Å². The minimum Gasteiger partial charge on any atom is -0.475 e. The highest BCUT2D eigenvalue weighted by Crippen LogP contribution is 2.32. The Hall–Kier alpha value is -1.66. The van der Waals surface area contributed by atoms with Crippen molar-refractivity contribution in [2.45, 2.75) is 6.36 Å². The Morgan fingerprint density at radius 1 is 1.56 bits per heavy atom. The summed E-state index contributed by atoms with van der Waals surface area (Å²) in [6.07, 6.45) is -5.14. The van der Waals surface area contributed by atoms with Gasteiger partial charge in [-0.2, -0.15) is 0 Å². The third kappa shape index (κ3) is 3.41. The second-order valence-corrected chi connectivity index (χ2v) is 3.91. The maximum absolute atomic E-state index is 12.0. The van der Waals surface area contributed by atoms with Crippen molar-refractivity contribution in [1.82, 2.24) is 4.98 Å². The van der Waals surface area contributed by atoms with E-state index in [0.717, 1.165) is 0 Å². The predicted octanol–water partition coefficient (Wildman–Crippen LogP) is 2.19. The minimum atomic E-state index is -5.14. The molecule has 0 spiro atoms. The molecule has 98 valence electrons. The van der Waals surface area contributed by atoms with Gasteiger partial charge >= 0.3 is 18.1 Å². The van der Waals surface area contributed by atoms with E-state index in [9.17, 15) is 28.1 Å². The average molecular weight is 378 g/mol. The van der Waals surface area contributed by atoms with Crippen molar-refractivity contribution in [2.75, 3.05) is 0 Å². The number of nitro groups is 1. The molecule has 0 aliphatic rings. The lowest BCUT2D eigenvalue weighted by atomic mass is 10.3. The van der Waals surface area contributed by atoms with Crippen molar-refractivity contribution in [3.05, 3.63) is 25.4 Å². The van der Waals surface area contributed by atoms with Gasteiger partial charge in [0.2, 0.25) is 5.75 Å². The molecule has 0 saturated heterocycles. The summed E-state index contributed by atoms with van der Waals surface area (Å²) >= 11 is 1.38. The van der Waals surface area contributed by atoms with Crippen LogP contribution in [0.3, 0.4) is 0 Å². The second-order valence-electron chi connectivity index (χ2n) is 2.75. The number of carboxylic acid groups (broad SMARTS) is 1. The lowest BCUT2D eigenvalue weighted by Crippen LogP contribution is -2.19. The number of aromatic nitrogens is 1. The Labute approximate surface area is 110 Å². The van der Waals surface area contributed by atoms with Crippen LogP contribution in [0.1, 0.15) is 10.5 Å². The molecule has 0 aliphatic heterocycles. The smallest absolute Gasteiger partial charge is 0.475 e. The van der Waals surface area contributed by atoms with Gasteiger partial charge in [-0.05, 0) is 32.5 Å². The molecule has 0 unspecified atom stereocenters. The van der Waals surface area contributed by atoms with Crippen LogP contribution in [0.25, 0.3) is 0 Å². The lowest BCUT2D eigenvalue weighted by molar-refractivity contribution is -0.393. The molecule has 0 atom stereocenters. The number of hydrogen-bond donors (Lipinski definition) is 1. The number of aromatic carboxylic acids is 1. The Kier molecular flexibility index (Phi) is 3.93. The largest absolute Gasteiger partial charge is 0.573 e. The van der Waals surface area contributed by atoms with Gasteiger partial charge in [0.1, 0.15) is 0 Å². The molecule has 1 N–H and O–H groups in total. The van der Waals surface area contributed by atoms with E-state index in [1.807, 2.05) is 0 Å². The fraction of sp³-hybridized carbons (Fsp3) is 0.143. The molecule has 1 heterocycles. The minimum absolute atomic E-state index is 0.218. The molecule has 0 bridgehead atoms. The summed E-state index contributed by atoms with van der Waals surface area (Å²) in [5, 5.41) is 19.1. The first-order chi connectivity index (χ1) is 8.11. The first kappa shape index (κ1) is 14.4. The van der Waals surface area contributed by atoms with Gasteiger partial charge in [-0.15, -0.1) is 13.2 Å². The number of carbonyl (C=O) groups is 1. The molecule has 1 aromatic rings. The van der Waals surface area contributed by atoms with E-state index in [0.29, 0.717) is 6.07 Å². The monoisotopic (exact) mass is 378 g/mol. The average Bonchev–Trinajstić information content (AvgIpc) is 2.13. The molecule has 0 saturated carbocycles. The topological polar surface area (TPSA) is 103 Å². The van der Waals surface area contributed by atoms with Crippen LogP contribution >= 0.6 is 22.6 Å². The summed E-state index contributed by atoms with van der Waals surface area (Å²) < 4.78 is 39.1. The number of carboxylic acids is 1. The van der Waals surface area contributed by atoms with E-state index in [1.54, 1.807) is 0 Å². The normalized spacial score (nSPS) is 11.1. The standard InChI is InChI=1S/C7H2F3IN2O5/c8-7(9,10)18-3-1-2(11)4(6(14)15)12-5(3)13(16)17/h1H,(H,14,15). The van der Waals surface area contributed by atoms with Gasteiger partial charge in [0, 0.05) is 6.07 Å². The number of rotatable bonds is 3. The SMILES string of the molecule is O=C(O)c1nc([N+](=O)[O-])c(OC(F)(F)F)cc1I. The van der Waals surface area contributed by atoms with Crippen molar-refractivity contribution in [3.63, 3.8) is 0 Å². The molecule has 11 heteroatoms. The van der Waals surface area contributed by atoms with Crippen LogP contribution in [-0.4, -0.2) is 27.3 Å². The van der Waals surface area contributed by atoms with Crippen LogP contribution < -0.4 is 4.74 Å². The molecule has 0 radical (unpaired) electrons. The van der Waals surface area contributed by atoms with Crippen molar-refractivity contribution in [1.29, 1.82) is 0 Å². The molecule has 1 rings (SSSR count). The van der Waals surface area contributed by atoms with Crippen molar-refractivity contribution in [3.8, 4) is 5.75 Å². The second kappa shape index (κ2) is 4.91. The number of pyridine rings is 1. The fourth-order valence-electron chi connectivity index (χ4n) is 0.943. The van der Waals surface area contributed by atoms with E-state index in [1.165, 1.54) is 22.6 Å². The van der Waals surface area contributed by atoms with Gasteiger partial charge < -0.3 is 20.0 Å². The molecule has 0 amide bonds. The number of hydrogen-bond acceptors (Lipinski definition) is 5. The van der Waals surface area contributed by atoms with Gasteiger partial charge in [0.05, 0.1) is 3.57 Å². The van der Waals surface area contributed by atoms with Gasteiger partial charge in [-0.25, -0.2) is 4.79 Å². The molecular formula is C7H2F3IN2O5. The number of halogens is 4. The summed E-state index contributed by atoms with van der Waals surface area (Å²) in [6, 6.07) is 0.586. The Bertz CT molecular complexity index is 519. The third-order valence-corrected chi connectivity index (χ3v) is 2.35. The maximum atomic E-state index is 12.0. The van der Waals surface area contributed by atoms with Crippen molar-refractivity contribution >= 4 is 34.4 Å². The Morgan fingerprint density at radius 2 is 2.11 bits per heavy atom. The maximum Gasteiger partial charge on any atom is 0.573 e. The van der Waals surface area contributed by atoms with Crippen LogP contribution in [0.4, 0.5) is 19.0 Å². The Morgan fingerprint density at radius 3 is 2.50 bits per heavy atom. The van der Waals surface area contributed by atoms with Gasteiger partial charge in [-0.3, -0.25) is 0 Å². The number of nitrogens with zero attached hydrogens (tertiary/aromatic N) is 2. The first-order valence-electron chi connectivity index (χ1n) is 3.96. The summed E-state index contributed by atoms with van der Waals surface area (Å²) in [5.41, 5.74) is -0.725. The van der Waals surface area contributed by atoms with Crippen LogP contribution in [-0.2, 0) is 0 Å². The molecule has 7 nitrogen and oxygen atoms in total. The van der Waals surface area contributed by atoms with E-state index < -0.39 is 34.5 Å². The third-order valence-electron chi connectivity index (χ3n) is 1.52. The summed E-state index contributed by atoms with van der Waals surface area (Å²) in [6.45, 7) is 0. The summed E-state index contributed by atoms with van der Waals surface area (Å²) in [7, 11) is 0. The predicted molar refractivity (Wildman–Crippen MR) is 57.3 cm³/mol. The molecular weight excluding hydrogens is 376 g/mol. The summed E-state index contributed by atoms with van der Waals surface area (Å²) in [4.78, 5) is 22.9. The molecule has 0 fully saturated rings. The van der Waals surface area contributed by atoms with Gasteiger partial charge in [0.15, 0.2) is 0 Å². The zero-order valence-corrected chi connectivity index (χ0v) is 10.2. The van der Waals surface area contributed by atoms with Gasteiger partial charge in [0.25, 0.3) is 5.69 Å². The number of ether oxygens (including phenoxy) is 1. The van der Waals surface area contributed by atoms with E-state index >= 15 is 0 Å². The molecule has 18 heavy (non-hydrogen) atoms. The molecule has 1 aromatic heterocycles. The van der Waals surface area contributed by atoms with E-state index in [2.05, 4.69) is 9.72 Å². The highest BCUT2D eigenvalue weighted by molar-refractivity contribution is 14.1. The Balaban J connectivity index is 3.38.